The Bertz CT molecular complexity index is 2060. The van der Waals surface area contributed by atoms with Gasteiger partial charge in [-0.15, -0.1) is 0 Å². The number of aliphatic imine (C=N–C) groups is 1. The number of hydrogen-bond donors (Lipinski definition) is 2. The van der Waals surface area contributed by atoms with E-state index in [0.29, 0.717) is 16.8 Å². The Labute approximate surface area is 297 Å². The van der Waals surface area contributed by atoms with Gasteiger partial charge in [-0.2, -0.15) is 26.3 Å². The lowest BCUT2D eigenvalue weighted by atomic mass is 9.92. The number of esters is 2. The molecule has 3 aromatic carbocycles. The number of alkyl halides is 6. The second-order valence-corrected chi connectivity index (χ2v) is 11.4. The smallest absolute Gasteiger partial charge is 0.417 e. The third kappa shape index (κ3) is 8.93. The maximum atomic E-state index is 13.8. The molecule has 0 spiro atoms. The van der Waals surface area contributed by atoms with Gasteiger partial charge in [0.25, 0.3) is 0 Å². The molecule has 1 aliphatic rings. The third-order valence-corrected chi connectivity index (χ3v) is 7.83. The van der Waals surface area contributed by atoms with Crippen LogP contribution in [0.25, 0.3) is 16.8 Å². The van der Waals surface area contributed by atoms with E-state index in [9.17, 15) is 40.7 Å². The molecule has 0 saturated heterocycles. The number of nitrogens with two attached hydrogens (primary N) is 1. The fourth-order valence-electron chi connectivity index (χ4n) is 5.08. The van der Waals surface area contributed by atoms with Gasteiger partial charge in [0.05, 0.1) is 48.2 Å². The Kier molecular flexibility index (Phi) is 11.7. The highest BCUT2D eigenvalue weighted by Crippen LogP contribution is 2.41. The molecule has 1 aliphatic heterocycles. The van der Waals surface area contributed by atoms with Crippen LogP contribution in [0.1, 0.15) is 44.3 Å². The van der Waals surface area contributed by atoms with E-state index in [2.05, 4.69) is 19.8 Å². The van der Waals surface area contributed by atoms with Gasteiger partial charge < -0.3 is 24.5 Å². The highest BCUT2D eigenvalue weighted by atomic mass is 35.5. The van der Waals surface area contributed by atoms with Gasteiger partial charge in [-0.25, -0.2) is 14.4 Å². The molecule has 4 aromatic rings. The number of halogens is 7. The summed E-state index contributed by atoms with van der Waals surface area (Å²) in [6.45, 7) is 1.63. The normalized spacial score (nSPS) is 13.8. The van der Waals surface area contributed by atoms with E-state index in [1.807, 2.05) is 0 Å². The van der Waals surface area contributed by atoms with E-state index in [1.54, 1.807) is 26.2 Å². The Balaban J connectivity index is 0.000000251. The van der Waals surface area contributed by atoms with E-state index in [0.717, 1.165) is 32.4 Å². The van der Waals surface area contributed by atoms with Crippen LogP contribution in [0.5, 0.6) is 5.75 Å². The molecule has 5 rings (SSSR count). The molecule has 0 aliphatic carbocycles. The van der Waals surface area contributed by atoms with Crippen LogP contribution in [-0.4, -0.2) is 49.1 Å². The van der Waals surface area contributed by atoms with Gasteiger partial charge in [-0.1, -0.05) is 11.6 Å². The molecule has 3 N–H and O–H groups in total. The number of aromatic nitrogens is 1. The van der Waals surface area contributed by atoms with E-state index in [4.69, 9.17) is 22.1 Å². The van der Waals surface area contributed by atoms with Gasteiger partial charge in [-0.05, 0) is 84.8 Å². The van der Waals surface area contributed by atoms with Crippen molar-refractivity contribution in [2.75, 3.05) is 25.3 Å². The fraction of sp³-hybridized carbons (Fsp3) is 0.200. The highest BCUT2D eigenvalue weighted by molar-refractivity contribution is 6.30. The van der Waals surface area contributed by atoms with Crippen LogP contribution in [-0.2, 0) is 28.9 Å². The summed E-state index contributed by atoms with van der Waals surface area (Å²) < 4.78 is 96.8. The number of rotatable bonds is 6. The first kappa shape index (κ1) is 39.0. The van der Waals surface area contributed by atoms with E-state index < -0.39 is 53.2 Å². The Morgan fingerprint density at radius 3 is 1.96 bits per heavy atom. The number of hydrogen-bond acceptors (Lipinski definition) is 8. The molecular weight excluding hydrogens is 722 g/mol. The SMILES string of the molecule is COC(=O)c1cc(-c2cccn2C)c(C(F)(F)F)cc1N.COC(=O)c1cc(C2=CC=NC2C)c(C(F)(F)F)cc1NC(=O)Oc1ccc(Cl)cc1. The van der Waals surface area contributed by atoms with Crippen LogP contribution in [0.2, 0.25) is 5.02 Å². The van der Waals surface area contributed by atoms with Crippen molar-refractivity contribution >= 4 is 52.8 Å². The van der Waals surface area contributed by atoms with E-state index >= 15 is 0 Å². The second kappa shape index (κ2) is 15.6. The van der Waals surface area contributed by atoms with Crippen LogP contribution in [0.15, 0.2) is 77.9 Å². The highest BCUT2D eigenvalue weighted by Gasteiger charge is 2.38. The predicted molar refractivity (Wildman–Crippen MR) is 181 cm³/mol. The van der Waals surface area contributed by atoms with Crippen molar-refractivity contribution in [2.45, 2.75) is 25.3 Å². The predicted octanol–water partition coefficient (Wildman–Crippen LogP) is 8.69. The lowest BCUT2D eigenvalue weighted by molar-refractivity contribution is -0.138. The molecule has 2 heterocycles. The molecule has 0 bridgehead atoms. The summed E-state index contributed by atoms with van der Waals surface area (Å²) in [5.41, 5.74) is 2.84. The number of methoxy groups -OCH3 is 2. The van der Waals surface area contributed by atoms with Gasteiger partial charge >= 0.3 is 30.4 Å². The number of amides is 1. The number of nitrogen functional groups attached to an aromatic ring is 1. The number of anilines is 2. The van der Waals surface area contributed by atoms with Crippen LogP contribution < -0.4 is 15.8 Å². The van der Waals surface area contributed by atoms with E-state index in [-0.39, 0.29) is 39.3 Å². The van der Waals surface area contributed by atoms with Gasteiger partial charge in [0.15, 0.2) is 0 Å². The minimum Gasteiger partial charge on any atom is -0.465 e. The maximum Gasteiger partial charge on any atom is 0.417 e. The number of nitrogens with zero attached hydrogens (tertiary/aromatic N) is 2. The minimum absolute atomic E-state index is 0.0956. The second-order valence-electron chi connectivity index (χ2n) is 11.0. The molecule has 1 aromatic heterocycles. The molecular formula is C35H29ClF6N4O6. The maximum absolute atomic E-state index is 13.8. The van der Waals surface area contributed by atoms with Crippen molar-refractivity contribution in [1.82, 2.24) is 4.57 Å². The number of nitrogens with one attached hydrogen (secondary N) is 1. The van der Waals surface area contributed by atoms with Crippen molar-refractivity contribution in [3.05, 3.63) is 106 Å². The molecule has 1 atom stereocenters. The molecule has 10 nitrogen and oxygen atoms in total. The Morgan fingerprint density at radius 1 is 0.865 bits per heavy atom. The topological polar surface area (TPSA) is 134 Å². The van der Waals surface area contributed by atoms with Crippen molar-refractivity contribution in [1.29, 1.82) is 0 Å². The molecule has 0 saturated carbocycles. The minimum atomic E-state index is -4.76. The number of benzene rings is 3. The van der Waals surface area contributed by atoms with Crippen LogP contribution in [0, 0.1) is 0 Å². The molecule has 1 amide bonds. The zero-order chi connectivity index (χ0) is 38.5. The number of allylic oxidation sites excluding steroid dienone is 1. The molecule has 274 valence electrons. The number of carbonyl (C=O) groups is 3. The quantitative estimate of drug-likeness (QED) is 0.114. The monoisotopic (exact) mass is 750 g/mol. The summed E-state index contributed by atoms with van der Waals surface area (Å²) in [6, 6.07) is 11.9. The fourth-order valence-corrected chi connectivity index (χ4v) is 5.20. The molecule has 1 unspecified atom stereocenters. The molecule has 0 radical (unpaired) electrons. The number of carbonyl (C=O) groups excluding carboxylic acids is 3. The lowest BCUT2D eigenvalue weighted by Crippen LogP contribution is -2.21. The summed E-state index contributed by atoms with van der Waals surface area (Å²) >= 11 is 5.76. The summed E-state index contributed by atoms with van der Waals surface area (Å²) in [7, 11) is 3.83. The molecule has 0 fully saturated rings. The zero-order valence-corrected chi connectivity index (χ0v) is 28.4. The van der Waals surface area contributed by atoms with Crippen molar-refractivity contribution in [3.63, 3.8) is 0 Å². The van der Waals surface area contributed by atoms with Crippen LogP contribution in [0.3, 0.4) is 0 Å². The average Bonchev–Trinajstić information content (AvgIpc) is 3.71. The molecule has 17 heteroatoms. The number of aryl methyl sites for hydroxylation is 1. The van der Waals surface area contributed by atoms with Gasteiger partial charge in [0.1, 0.15) is 5.75 Å². The standard InChI is InChI=1S/C21H16ClF3N2O4.C14H13F3N2O2/c1-11-14(7-8-26-11)15-9-16(19(28)30-2)18(10-17(15)21(23,24)25)27-20(29)31-13-5-3-12(22)4-6-13;1-19-5-3-4-12(19)8-6-9(13(20)21-2)11(18)7-10(8)14(15,16)17/h3-11H,1-2H3,(H,27,29);3-7H,18H2,1-2H3. The first-order valence-electron chi connectivity index (χ1n) is 14.9. The molecule has 52 heavy (non-hydrogen) atoms. The summed E-state index contributed by atoms with van der Waals surface area (Å²) in [5.74, 6) is -1.60. The summed E-state index contributed by atoms with van der Waals surface area (Å²) in [5, 5.41) is 2.59. The van der Waals surface area contributed by atoms with Gasteiger partial charge in [0, 0.05) is 41.4 Å². The van der Waals surface area contributed by atoms with Crippen LogP contribution in [0.4, 0.5) is 42.5 Å². The Morgan fingerprint density at radius 2 is 1.44 bits per heavy atom. The van der Waals surface area contributed by atoms with Crippen molar-refractivity contribution in [3.8, 4) is 17.0 Å². The average molecular weight is 751 g/mol. The first-order valence-corrected chi connectivity index (χ1v) is 15.3. The van der Waals surface area contributed by atoms with Gasteiger partial charge in [0.2, 0.25) is 0 Å². The van der Waals surface area contributed by atoms with Gasteiger partial charge in [-0.3, -0.25) is 10.3 Å². The zero-order valence-electron chi connectivity index (χ0n) is 27.6. The summed E-state index contributed by atoms with van der Waals surface area (Å²) in [6.07, 6.45) is -5.98. The lowest BCUT2D eigenvalue weighted by Gasteiger charge is -2.20. The van der Waals surface area contributed by atoms with Crippen LogP contribution >= 0.6 is 11.6 Å². The largest absolute Gasteiger partial charge is 0.465 e. The van der Waals surface area contributed by atoms with Crippen molar-refractivity contribution in [2.24, 2.45) is 12.0 Å². The first-order chi connectivity index (χ1) is 24.3. The third-order valence-electron chi connectivity index (χ3n) is 7.57. The summed E-state index contributed by atoms with van der Waals surface area (Å²) in [4.78, 5) is 40.2. The van der Waals surface area contributed by atoms with Crippen molar-refractivity contribution < 1.29 is 54.9 Å². The Hall–Kier alpha value is -5.77. The van der Waals surface area contributed by atoms with E-state index in [1.165, 1.54) is 47.2 Å². The number of ether oxygens (including phenoxy) is 3.